The lowest BCUT2D eigenvalue weighted by Crippen LogP contribution is -2.14. The molecule has 2 aromatic rings. The van der Waals surface area contributed by atoms with E-state index in [0.29, 0.717) is 10.2 Å². The van der Waals surface area contributed by atoms with Crippen LogP contribution in [-0.4, -0.2) is 22.0 Å². The smallest absolute Gasteiger partial charge is 0.335 e. The van der Waals surface area contributed by atoms with Crippen LogP contribution in [0.1, 0.15) is 20.8 Å². The maximum Gasteiger partial charge on any atom is 0.335 e. The molecule has 7 heteroatoms. The number of hydrogen-bond donors (Lipinski definition) is 2. The van der Waals surface area contributed by atoms with Gasteiger partial charge in [-0.1, -0.05) is 15.9 Å². The number of halogens is 2. The third-order valence-electron chi connectivity index (χ3n) is 2.36. The molecule has 5 nitrogen and oxygen atoms in total. The zero-order valence-electron chi connectivity index (χ0n) is 9.93. The fraction of sp³-hybridized carbons (Fsp3) is 0. The quantitative estimate of drug-likeness (QED) is 0.826. The number of nitrogens with one attached hydrogen (secondary N) is 1. The highest BCUT2D eigenvalue weighted by Gasteiger charge is 2.10. The van der Waals surface area contributed by atoms with Crippen molar-refractivity contribution in [2.75, 3.05) is 5.32 Å². The van der Waals surface area contributed by atoms with Crippen LogP contribution in [-0.2, 0) is 0 Å². The van der Waals surface area contributed by atoms with Crippen LogP contribution in [0.4, 0.5) is 5.69 Å². The molecule has 0 radical (unpaired) electrons. The van der Waals surface area contributed by atoms with E-state index in [1.807, 2.05) is 0 Å². The summed E-state index contributed by atoms with van der Waals surface area (Å²) in [5.41, 5.74) is 0.704. The Morgan fingerprint density at radius 1 is 1.10 bits per heavy atom. The van der Waals surface area contributed by atoms with E-state index in [2.05, 4.69) is 42.2 Å². The molecule has 102 valence electrons. The number of hydrogen-bond acceptors (Lipinski definition) is 3. The van der Waals surface area contributed by atoms with Crippen molar-refractivity contribution in [1.82, 2.24) is 4.98 Å². The Balaban J connectivity index is 2.23. The maximum absolute atomic E-state index is 12.0. The molecule has 1 heterocycles. The number of rotatable bonds is 3. The molecule has 0 spiro atoms. The number of carboxylic acids is 1. The Labute approximate surface area is 131 Å². The first-order valence-electron chi connectivity index (χ1n) is 5.42. The summed E-state index contributed by atoms with van der Waals surface area (Å²) < 4.78 is 1.33. The first kappa shape index (κ1) is 14.7. The van der Waals surface area contributed by atoms with E-state index < -0.39 is 11.9 Å². The minimum absolute atomic E-state index is 0.0819. The lowest BCUT2D eigenvalue weighted by molar-refractivity contribution is 0.0696. The van der Waals surface area contributed by atoms with E-state index in [-0.39, 0.29) is 11.3 Å². The summed E-state index contributed by atoms with van der Waals surface area (Å²) in [5, 5.41) is 11.6. The number of pyridine rings is 1. The predicted octanol–water partition coefficient (Wildman–Crippen LogP) is 3.56. The molecule has 0 bridgehead atoms. The molecule has 0 saturated carbocycles. The van der Waals surface area contributed by atoms with E-state index in [4.69, 9.17) is 5.11 Å². The maximum atomic E-state index is 12.0. The highest BCUT2D eigenvalue weighted by Crippen LogP contribution is 2.20. The van der Waals surface area contributed by atoms with Gasteiger partial charge >= 0.3 is 5.97 Å². The third-order valence-corrected chi connectivity index (χ3v) is 3.29. The predicted molar refractivity (Wildman–Crippen MR) is 81.0 cm³/mol. The number of nitrogens with zero attached hydrogens (tertiary/aromatic N) is 1. The molecule has 1 amide bonds. The van der Waals surface area contributed by atoms with Crippen molar-refractivity contribution >= 4 is 49.4 Å². The Hall–Kier alpha value is -1.73. The number of anilines is 1. The summed E-state index contributed by atoms with van der Waals surface area (Å²) in [5.74, 6) is -1.48. The zero-order chi connectivity index (χ0) is 14.7. The normalized spacial score (nSPS) is 10.1. The van der Waals surface area contributed by atoms with Crippen molar-refractivity contribution in [2.24, 2.45) is 0 Å². The van der Waals surface area contributed by atoms with E-state index >= 15 is 0 Å². The molecular formula is C13H8Br2N2O3. The molecule has 20 heavy (non-hydrogen) atoms. The van der Waals surface area contributed by atoms with Gasteiger partial charge in [0.15, 0.2) is 0 Å². The van der Waals surface area contributed by atoms with Crippen LogP contribution in [0.3, 0.4) is 0 Å². The van der Waals surface area contributed by atoms with Crippen LogP contribution in [0, 0.1) is 0 Å². The van der Waals surface area contributed by atoms with Crippen LogP contribution < -0.4 is 5.32 Å². The van der Waals surface area contributed by atoms with Gasteiger partial charge in [0, 0.05) is 20.8 Å². The first-order valence-corrected chi connectivity index (χ1v) is 7.01. The SMILES string of the molecule is O=C(O)c1cc(Br)cc(NC(=O)c2ccc(Br)cn2)c1. The number of benzene rings is 1. The molecule has 1 aromatic carbocycles. The van der Waals surface area contributed by atoms with Crippen LogP contribution in [0.25, 0.3) is 0 Å². The molecular weight excluding hydrogens is 392 g/mol. The number of carbonyl (C=O) groups is 2. The summed E-state index contributed by atoms with van der Waals surface area (Å²) in [7, 11) is 0. The standard InChI is InChI=1S/C13H8Br2N2O3/c14-8-1-2-11(16-6-8)12(18)17-10-4-7(13(19)20)3-9(15)5-10/h1-6H,(H,17,18)(H,19,20). The summed E-state index contributed by atoms with van der Waals surface area (Å²) in [6.07, 6.45) is 1.51. The topological polar surface area (TPSA) is 79.3 Å². The van der Waals surface area contributed by atoms with Gasteiger partial charge in [-0.05, 0) is 46.3 Å². The lowest BCUT2D eigenvalue weighted by Gasteiger charge is -2.06. The average Bonchev–Trinajstić information content (AvgIpc) is 2.38. The van der Waals surface area contributed by atoms with Gasteiger partial charge in [0.1, 0.15) is 5.69 Å². The van der Waals surface area contributed by atoms with Crippen molar-refractivity contribution in [3.63, 3.8) is 0 Å². The van der Waals surface area contributed by atoms with Crippen LogP contribution >= 0.6 is 31.9 Å². The van der Waals surface area contributed by atoms with Crippen molar-refractivity contribution in [3.8, 4) is 0 Å². The molecule has 2 N–H and O–H groups in total. The molecule has 1 aromatic heterocycles. The lowest BCUT2D eigenvalue weighted by atomic mass is 10.2. The van der Waals surface area contributed by atoms with Gasteiger partial charge in [-0.2, -0.15) is 0 Å². The van der Waals surface area contributed by atoms with Gasteiger partial charge < -0.3 is 10.4 Å². The van der Waals surface area contributed by atoms with Gasteiger partial charge in [-0.15, -0.1) is 0 Å². The van der Waals surface area contributed by atoms with Gasteiger partial charge in [-0.25, -0.2) is 9.78 Å². The molecule has 0 unspecified atom stereocenters. The monoisotopic (exact) mass is 398 g/mol. The Morgan fingerprint density at radius 3 is 2.45 bits per heavy atom. The largest absolute Gasteiger partial charge is 0.478 e. The first-order chi connectivity index (χ1) is 9.45. The van der Waals surface area contributed by atoms with E-state index in [1.54, 1.807) is 18.2 Å². The second-order valence-corrected chi connectivity index (χ2v) is 5.68. The minimum Gasteiger partial charge on any atom is -0.478 e. The van der Waals surface area contributed by atoms with E-state index in [1.165, 1.54) is 18.3 Å². The van der Waals surface area contributed by atoms with Crippen molar-refractivity contribution < 1.29 is 14.7 Å². The van der Waals surface area contributed by atoms with Gasteiger partial charge in [0.25, 0.3) is 5.91 Å². The molecule has 0 atom stereocenters. The highest BCUT2D eigenvalue weighted by atomic mass is 79.9. The zero-order valence-corrected chi connectivity index (χ0v) is 13.1. The number of aromatic nitrogens is 1. The summed E-state index contributed by atoms with van der Waals surface area (Å²) in [4.78, 5) is 26.9. The van der Waals surface area contributed by atoms with Gasteiger partial charge in [-0.3, -0.25) is 4.79 Å². The summed E-state index contributed by atoms with van der Waals surface area (Å²) in [6, 6.07) is 7.71. The van der Waals surface area contributed by atoms with Crippen molar-refractivity contribution in [1.29, 1.82) is 0 Å². The summed E-state index contributed by atoms with van der Waals surface area (Å²) >= 11 is 6.43. The molecule has 0 aliphatic carbocycles. The van der Waals surface area contributed by atoms with Gasteiger partial charge in [0.2, 0.25) is 0 Å². The number of carboxylic acid groups (broad SMARTS) is 1. The Kier molecular flexibility index (Phi) is 4.51. The fourth-order valence-corrected chi connectivity index (χ4v) is 2.22. The van der Waals surface area contributed by atoms with Crippen molar-refractivity contribution in [2.45, 2.75) is 0 Å². The van der Waals surface area contributed by atoms with Crippen LogP contribution in [0.5, 0.6) is 0 Å². The number of aromatic carboxylic acids is 1. The fourth-order valence-electron chi connectivity index (χ4n) is 1.49. The van der Waals surface area contributed by atoms with E-state index in [0.717, 1.165) is 4.47 Å². The third kappa shape index (κ3) is 3.64. The minimum atomic E-state index is -1.07. The molecule has 0 fully saturated rings. The molecule has 0 aliphatic rings. The second kappa shape index (κ2) is 6.15. The second-order valence-electron chi connectivity index (χ2n) is 3.85. The average molecular weight is 400 g/mol. The number of amides is 1. The highest BCUT2D eigenvalue weighted by molar-refractivity contribution is 9.10. The Bertz CT molecular complexity index is 672. The molecule has 0 saturated heterocycles. The summed E-state index contributed by atoms with van der Waals surface area (Å²) in [6.45, 7) is 0. The molecule has 0 aliphatic heterocycles. The van der Waals surface area contributed by atoms with Gasteiger partial charge in [0.05, 0.1) is 5.56 Å². The van der Waals surface area contributed by atoms with E-state index in [9.17, 15) is 9.59 Å². The molecule has 2 rings (SSSR count). The Morgan fingerprint density at radius 2 is 1.85 bits per heavy atom. The number of carbonyl (C=O) groups excluding carboxylic acids is 1. The van der Waals surface area contributed by atoms with Crippen LogP contribution in [0.2, 0.25) is 0 Å². The van der Waals surface area contributed by atoms with Crippen molar-refractivity contribution in [3.05, 3.63) is 56.7 Å². The van der Waals surface area contributed by atoms with Crippen LogP contribution in [0.15, 0.2) is 45.5 Å².